The maximum Gasteiger partial charge on any atom is 0.142 e. The summed E-state index contributed by atoms with van der Waals surface area (Å²) in [6.07, 6.45) is 1.93. The number of fused-ring (bicyclic) bond motifs is 1. The molecule has 3 aromatic rings. The van der Waals surface area contributed by atoms with E-state index in [1.54, 1.807) is 6.07 Å². The van der Waals surface area contributed by atoms with Gasteiger partial charge in [-0.2, -0.15) is 5.26 Å². The highest BCUT2D eigenvalue weighted by Crippen LogP contribution is 2.35. The molecule has 2 aromatic carbocycles. The molecule has 0 saturated heterocycles. The number of hydrogen-bond donors (Lipinski definition) is 0. The molecular weight excluding hydrogens is 306 g/mol. The summed E-state index contributed by atoms with van der Waals surface area (Å²) in [5.41, 5.74) is 4.55. The van der Waals surface area contributed by atoms with Gasteiger partial charge in [-0.3, -0.25) is 0 Å². The Labute approximate surface area is 148 Å². The third-order valence-electron chi connectivity index (χ3n) is 4.83. The molecule has 2 heterocycles. The monoisotopic (exact) mass is 325 g/mol. The van der Waals surface area contributed by atoms with E-state index >= 15 is 0 Å². The minimum atomic E-state index is 0.230. The van der Waals surface area contributed by atoms with Gasteiger partial charge in [0.15, 0.2) is 0 Å². The van der Waals surface area contributed by atoms with Gasteiger partial charge in [0.1, 0.15) is 17.6 Å². The van der Waals surface area contributed by atoms with Crippen LogP contribution in [-0.2, 0) is 12.8 Å². The zero-order valence-electron chi connectivity index (χ0n) is 14.0. The maximum atomic E-state index is 9.19. The maximum absolute atomic E-state index is 9.19. The number of nitriles is 1. The molecule has 0 N–H and O–H groups in total. The molecule has 0 fully saturated rings. The summed E-state index contributed by atoms with van der Waals surface area (Å²) in [6.45, 7) is 0.913. The van der Waals surface area contributed by atoms with Crippen molar-refractivity contribution >= 4 is 5.82 Å². The van der Waals surface area contributed by atoms with Gasteiger partial charge in [-0.15, -0.1) is 0 Å². The molecule has 0 radical (unpaired) electrons. The van der Waals surface area contributed by atoms with Gasteiger partial charge in [0.2, 0.25) is 0 Å². The van der Waals surface area contributed by atoms with Crippen LogP contribution in [0.3, 0.4) is 0 Å². The molecule has 122 valence electrons. The van der Waals surface area contributed by atoms with Crippen molar-refractivity contribution in [1.82, 2.24) is 4.98 Å². The lowest BCUT2D eigenvalue weighted by molar-refractivity contribution is 0.573. The number of rotatable bonds is 3. The summed E-state index contributed by atoms with van der Waals surface area (Å²) in [4.78, 5) is 6.89. The molecular formula is C22H19N3. The zero-order valence-corrected chi connectivity index (χ0v) is 14.0. The van der Waals surface area contributed by atoms with E-state index in [0.29, 0.717) is 5.69 Å². The van der Waals surface area contributed by atoms with Crippen LogP contribution >= 0.6 is 0 Å². The molecule has 0 spiro atoms. The Balaban J connectivity index is 1.76. The number of aromatic nitrogens is 1. The second-order valence-electron chi connectivity index (χ2n) is 6.34. The van der Waals surface area contributed by atoms with E-state index in [-0.39, 0.29) is 6.04 Å². The van der Waals surface area contributed by atoms with E-state index in [0.717, 1.165) is 25.2 Å². The lowest BCUT2D eigenvalue weighted by atomic mass is 9.88. The Morgan fingerprint density at radius 2 is 1.76 bits per heavy atom. The highest BCUT2D eigenvalue weighted by Gasteiger charge is 2.28. The first-order valence-electron chi connectivity index (χ1n) is 8.60. The first kappa shape index (κ1) is 15.4. The topological polar surface area (TPSA) is 39.9 Å². The summed E-state index contributed by atoms with van der Waals surface area (Å²) in [5, 5.41) is 9.19. The quantitative estimate of drug-likeness (QED) is 0.721. The standard InChI is InChI=1S/C22H19N3/c23-16-19-10-6-12-22(24-19)25-14-13-18-9-4-5-11-20(18)21(25)15-17-7-2-1-3-8-17/h1-12,21H,13-15H2. The molecule has 1 aliphatic heterocycles. The van der Waals surface area contributed by atoms with E-state index in [1.165, 1.54) is 16.7 Å². The number of nitrogens with zero attached hydrogens (tertiary/aromatic N) is 3. The molecule has 0 bridgehead atoms. The van der Waals surface area contributed by atoms with Crippen LogP contribution in [0.25, 0.3) is 0 Å². The number of benzene rings is 2. The lowest BCUT2D eigenvalue weighted by Gasteiger charge is -2.38. The van der Waals surface area contributed by atoms with Crippen LogP contribution in [0.2, 0.25) is 0 Å². The molecule has 0 saturated carbocycles. The van der Waals surface area contributed by atoms with Crippen molar-refractivity contribution in [2.24, 2.45) is 0 Å². The Kier molecular flexibility index (Phi) is 4.18. The van der Waals surface area contributed by atoms with Crippen molar-refractivity contribution < 1.29 is 0 Å². The molecule has 0 aliphatic carbocycles. The molecule has 1 aliphatic rings. The van der Waals surface area contributed by atoms with Crippen LogP contribution in [0.1, 0.15) is 28.4 Å². The molecule has 25 heavy (non-hydrogen) atoms. The van der Waals surface area contributed by atoms with Crippen LogP contribution < -0.4 is 4.90 Å². The first-order valence-corrected chi connectivity index (χ1v) is 8.60. The predicted molar refractivity (Wildman–Crippen MR) is 99.3 cm³/mol. The van der Waals surface area contributed by atoms with Crippen molar-refractivity contribution in [3.8, 4) is 6.07 Å². The van der Waals surface area contributed by atoms with Crippen molar-refractivity contribution in [3.63, 3.8) is 0 Å². The van der Waals surface area contributed by atoms with Crippen LogP contribution in [0.4, 0.5) is 5.82 Å². The van der Waals surface area contributed by atoms with Crippen LogP contribution in [0.15, 0.2) is 72.8 Å². The second kappa shape index (κ2) is 6.78. The summed E-state index contributed by atoms with van der Waals surface area (Å²) >= 11 is 0. The fraction of sp³-hybridized carbons (Fsp3) is 0.182. The van der Waals surface area contributed by atoms with Crippen molar-refractivity contribution in [3.05, 3.63) is 95.2 Å². The van der Waals surface area contributed by atoms with Crippen molar-refractivity contribution in [1.29, 1.82) is 5.26 Å². The third-order valence-corrected chi connectivity index (χ3v) is 4.83. The van der Waals surface area contributed by atoms with Gasteiger partial charge in [-0.05, 0) is 41.7 Å². The molecule has 4 rings (SSSR count). The summed E-state index contributed by atoms with van der Waals surface area (Å²) < 4.78 is 0. The highest BCUT2D eigenvalue weighted by molar-refractivity contribution is 5.49. The zero-order chi connectivity index (χ0) is 17.1. The summed E-state index contributed by atoms with van der Waals surface area (Å²) in [7, 11) is 0. The summed E-state index contributed by atoms with van der Waals surface area (Å²) in [5.74, 6) is 0.884. The fourth-order valence-electron chi connectivity index (χ4n) is 3.63. The molecule has 0 amide bonds. The van der Waals surface area contributed by atoms with Gasteiger partial charge in [0.25, 0.3) is 0 Å². The van der Waals surface area contributed by atoms with Crippen LogP contribution in [-0.4, -0.2) is 11.5 Å². The largest absolute Gasteiger partial charge is 0.349 e. The predicted octanol–water partition coefficient (Wildman–Crippen LogP) is 4.30. The molecule has 1 aromatic heterocycles. The lowest BCUT2D eigenvalue weighted by Crippen LogP contribution is -2.37. The number of anilines is 1. The molecule has 3 heteroatoms. The van der Waals surface area contributed by atoms with Crippen molar-refractivity contribution in [2.75, 3.05) is 11.4 Å². The minimum absolute atomic E-state index is 0.230. The minimum Gasteiger partial charge on any atom is -0.349 e. The second-order valence-corrected chi connectivity index (χ2v) is 6.34. The van der Waals surface area contributed by atoms with E-state index in [2.05, 4.69) is 64.5 Å². The van der Waals surface area contributed by atoms with E-state index in [1.807, 2.05) is 18.2 Å². The SMILES string of the molecule is N#Cc1cccc(N2CCc3ccccc3C2Cc2ccccc2)n1. The van der Waals surface area contributed by atoms with E-state index in [4.69, 9.17) is 0 Å². The van der Waals surface area contributed by atoms with Crippen molar-refractivity contribution in [2.45, 2.75) is 18.9 Å². The Morgan fingerprint density at radius 1 is 0.960 bits per heavy atom. The van der Waals surface area contributed by atoms with Crippen LogP contribution in [0.5, 0.6) is 0 Å². The summed E-state index contributed by atoms with van der Waals surface area (Å²) in [6, 6.07) is 27.3. The highest BCUT2D eigenvalue weighted by atomic mass is 15.2. The Morgan fingerprint density at radius 3 is 2.60 bits per heavy atom. The first-order chi connectivity index (χ1) is 12.3. The smallest absolute Gasteiger partial charge is 0.142 e. The van der Waals surface area contributed by atoms with Gasteiger partial charge in [-0.1, -0.05) is 60.7 Å². The Hall–Kier alpha value is -3.12. The molecule has 1 unspecified atom stereocenters. The van der Waals surface area contributed by atoms with Gasteiger partial charge in [0, 0.05) is 6.54 Å². The average molecular weight is 325 g/mol. The normalized spacial score (nSPS) is 16.1. The van der Waals surface area contributed by atoms with Gasteiger partial charge < -0.3 is 4.90 Å². The van der Waals surface area contributed by atoms with Gasteiger partial charge in [0.05, 0.1) is 6.04 Å². The molecule has 1 atom stereocenters. The van der Waals surface area contributed by atoms with Crippen LogP contribution in [0, 0.1) is 11.3 Å². The number of pyridine rings is 1. The number of hydrogen-bond acceptors (Lipinski definition) is 3. The Bertz CT molecular complexity index is 912. The third kappa shape index (κ3) is 3.12. The fourth-order valence-corrected chi connectivity index (χ4v) is 3.63. The van der Waals surface area contributed by atoms with Gasteiger partial charge >= 0.3 is 0 Å². The molecule has 3 nitrogen and oxygen atoms in total. The van der Waals surface area contributed by atoms with Gasteiger partial charge in [-0.25, -0.2) is 4.98 Å². The average Bonchev–Trinajstić information content (AvgIpc) is 2.69. The van der Waals surface area contributed by atoms with E-state index < -0.39 is 0 Å². The van der Waals surface area contributed by atoms with E-state index in [9.17, 15) is 5.26 Å².